The predicted octanol–water partition coefficient (Wildman–Crippen LogP) is 0.0501. The molecule has 3 amide bonds. The minimum atomic E-state index is -0.467. The first kappa shape index (κ1) is 11.1. The van der Waals surface area contributed by atoms with Crippen LogP contribution in [0.3, 0.4) is 0 Å². The second-order valence-electron chi connectivity index (χ2n) is 4.43. The van der Waals surface area contributed by atoms with Crippen LogP contribution in [-0.2, 0) is 14.4 Å². The van der Waals surface area contributed by atoms with E-state index >= 15 is 0 Å². The molecular weight excluding hydrogens is 208 g/mol. The van der Waals surface area contributed by atoms with Crippen molar-refractivity contribution in [2.24, 2.45) is 5.92 Å². The Morgan fingerprint density at radius 1 is 1.44 bits per heavy atom. The van der Waals surface area contributed by atoms with E-state index in [1.165, 1.54) is 4.90 Å². The molecule has 1 saturated heterocycles. The van der Waals surface area contributed by atoms with Gasteiger partial charge in [0.2, 0.25) is 17.7 Å². The molecule has 0 aromatic heterocycles. The Morgan fingerprint density at radius 3 is 2.62 bits per heavy atom. The normalized spacial score (nSPS) is 26.3. The summed E-state index contributed by atoms with van der Waals surface area (Å²) in [6.45, 7) is 1.88. The molecule has 1 aliphatic carbocycles. The van der Waals surface area contributed by atoms with Crippen LogP contribution >= 0.6 is 0 Å². The molecule has 2 aliphatic rings. The molecule has 88 valence electrons. The van der Waals surface area contributed by atoms with Crippen molar-refractivity contribution in [3.63, 3.8) is 0 Å². The molecule has 1 heterocycles. The second kappa shape index (κ2) is 4.23. The summed E-state index contributed by atoms with van der Waals surface area (Å²) in [7, 11) is 0. The molecule has 1 aliphatic heterocycles. The lowest BCUT2D eigenvalue weighted by atomic mass is 9.83. The van der Waals surface area contributed by atoms with Crippen LogP contribution < -0.4 is 5.32 Å². The number of hydrogen-bond donors (Lipinski definition) is 1. The van der Waals surface area contributed by atoms with Crippen molar-refractivity contribution in [3.8, 4) is 0 Å². The maximum atomic E-state index is 12.0. The first-order chi connectivity index (χ1) is 7.63. The van der Waals surface area contributed by atoms with E-state index in [0.29, 0.717) is 6.42 Å². The third kappa shape index (κ3) is 1.81. The van der Waals surface area contributed by atoms with Crippen LogP contribution in [0.2, 0.25) is 0 Å². The average molecular weight is 224 g/mol. The largest absolute Gasteiger partial charge is 0.321 e. The fraction of sp³-hybridized carbons (Fsp3) is 0.727. The monoisotopic (exact) mass is 224 g/mol. The van der Waals surface area contributed by atoms with E-state index in [1.54, 1.807) is 0 Å². The predicted molar refractivity (Wildman–Crippen MR) is 56.3 cm³/mol. The molecule has 0 bridgehead atoms. The van der Waals surface area contributed by atoms with Gasteiger partial charge >= 0.3 is 0 Å². The highest BCUT2D eigenvalue weighted by atomic mass is 16.2. The molecule has 0 radical (unpaired) electrons. The summed E-state index contributed by atoms with van der Waals surface area (Å²) in [6, 6.07) is -0.467. The number of amides is 3. The van der Waals surface area contributed by atoms with Crippen LogP contribution in [0, 0.1) is 5.92 Å². The average Bonchev–Trinajstić information content (AvgIpc) is 2.13. The molecule has 1 N–H and O–H groups in total. The number of piperazine rings is 1. The molecule has 1 unspecified atom stereocenters. The Balaban J connectivity index is 2.12. The Labute approximate surface area is 94.2 Å². The van der Waals surface area contributed by atoms with Crippen molar-refractivity contribution < 1.29 is 14.4 Å². The first-order valence-corrected chi connectivity index (χ1v) is 5.77. The van der Waals surface area contributed by atoms with Crippen LogP contribution in [0.1, 0.15) is 32.6 Å². The zero-order valence-electron chi connectivity index (χ0n) is 9.36. The van der Waals surface area contributed by atoms with Gasteiger partial charge in [-0.3, -0.25) is 19.7 Å². The zero-order chi connectivity index (χ0) is 11.7. The van der Waals surface area contributed by atoms with Gasteiger partial charge in [0.05, 0.1) is 0 Å². The standard InChI is InChI=1S/C11H16N2O3/c1-2-8-10(15)12-9(14)6-13(8)11(16)7-4-3-5-7/h7-8H,2-6H2,1H3,(H,12,14,15). The van der Waals surface area contributed by atoms with E-state index in [-0.39, 0.29) is 30.2 Å². The van der Waals surface area contributed by atoms with Gasteiger partial charge in [-0.05, 0) is 19.3 Å². The van der Waals surface area contributed by atoms with Crippen molar-refractivity contribution in [1.29, 1.82) is 0 Å². The van der Waals surface area contributed by atoms with Crippen molar-refractivity contribution in [2.75, 3.05) is 6.54 Å². The van der Waals surface area contributed by atoms with E-state index in [1.807, 2.05) is 6.92 Å². The molecule has 2 fully saturated rings. The highest BCUT2D eigenvalue weighted by Crippen LogP contribution is 2.29. The van der Waals surface area contributed by atoms with Gasteiger partial charge in [0.1, 0.15) is 12.6 Å². The highest BCUT2D eigenvalue weighted by molar-refractivity contribution is 6.04. The number of nitrogens with zero attached hydrogens (tertiary/aromatic N) is 1. The van der Waals surface area contributed by atoms with Gasteiger partial charge in [-0.25, -0.2) is 0 Å². The highest BCUT2D eigenvalue weighted by Gasteiger charge is 2.39. The van der Waals surface area contributed by atoms with E-state index in [0.717, 1.165) is 19.3 Å². The van der Waals surface area contributed by atoms with Crippen LogP contribution in [-0.4, -0.2) is 35.2 Å². The molecule has 0 aromatic carbocycles. The molecule has 0 spiro atoms. The number of carbonyl (C=O) groups is 3. The van der Waals surface area contributed by atoms with Crippen LogP contribution in [0.5, 0.6) is 0 Å². The van der Waals surface area contributed by atoms with Gasteiger partial charge in [-0.1, -0.05) is 13.3 Å². The summed E-state index contributed by atoms with van der Waals surface area (Å²) in [5.41, 5.74) is 0. The number of hydrogen-bond acceptors (Lipinski definition) is 3. The van der Waals surface area contributed by atoms with Crippen LogP contribution in [0.25, 0.3) is 0 Å². The van der Waals surface area contributed by atoms with Crippen molar-refractivity contribution >= 4 is 17.7 Å². The Morgan fingerprint density at radius 2 is 2.12 bits per heavy atom. The lowest BCUT2D eigenvalue weighted by molar-refractivity contribution is -0.153. The third-order valence-corrected chi connectivity index (χ3v) is 3.38. The molecule has 0 aromatic rings. The smallest absolute Gasteiger partial charge is 0.249 e. The topological polar surface area (TPSA) is 66.5 Å². The SMILES string of the molecule is CCC1C(=O)NC(=O)CN1C(=O)C1CCC1. The molecule has 1 saturated carbocycles. The zero-order valence-corrected chi connectivity index (χ0v) is 9.36. The van der Waals surface area contributed by atoms with Crippen molar-refractivity contribution in [2.45, 2.75) is 38.6 Å². The van der Waals surface area contributed by atoms with Gasteiger partial charge in [0.25, 0.3) is 0 Å². The minimum Gasteiger partial charge on any atom is -0.321 e. The quantitative estimate of drug-likeness (QED) is 0.674. The van der Waals surface area contributed by atoms with Gasteiger partial charge in [-0.15, -0.1) is 0 Å². The summed E-state index contributed by atoms with van der Waals surface area (Å²) >= 11 is 0. The van der Waals surface area contributed by atoms with Gasteiger partial charge < -0.3 is 4.90 Å². The molecule has 5 heteroatoms. The van der Waals surface area contributed by atoms with Gasteiger partial charge in [-0.2, -0.15) is 0 Å². The van der Waals surface area contributed by atoms with Crippen LogP contribution in [0.4, 0.5) is 0 Å². The Kier molecular flexibility index (Phi) is 2.94. The Bertz CT molecular complexity index is 336. The minimum absolute atomic E-state index is 0.0266. The summed E-state index contributed by atoms with van der Waals surface area (Å²) in [6.07, 6.45) is 3.40. The number of nitrogens with one attached hydrogen (secondary N) is 1. The fourth-order valence-electron chi connectivity index (χ4n) is 2.19. The molecule has 1 atom stereocenters. The van der Waals surface area contributed by atoms with E-state index in [2.05, 4.69) is 5.32 Å². The van der Waals surface area contributed by atoms with E-state index in [4.69, 9.17) is 0 Å². The van der Waals surface area contributed by atoms with E-state index < -0.39 is 6.04 Å². The lowest BCUT2D eigenvalue weighted by Gasteiger charge is -2.37. The molecular formula is C11H16N2O3. The second-order valence-corrected chi connectivity index (χ2v) is 4.43. The summed E-state index contributed by atoms with van der Waals surface area (Å²) in [5.74, 6) is -0.706. The summed E-state index contributed by atoms with van der Waals surface area (Å²) < 4.78 is 0. The van der Waals surface area contributed by atoms with Gasteiger partial charge in [0, 0.05) is 5.92 Å². The number of rotatable bonds is 2. The maximum absolute atomic E-state index is 12.0. The number of imide groups is 1. The number of carbonyl (C=O) groups excluding carboxylic acids is 3. The van der Waals surface area contributed by atoms with Gasteiger partial charge in [0.15, 0.2) is 0 Å². The molecule has 16 heavy (non-hydrogen) atoms. The first-order valence-electron chi connectivity index (χ1n) is 5.77. The Hall–Kier alpha value is -1.39. The van der Waals surface area contributed by atoms with Crippen LogP contribution in [0.15, 0.2) is 0 Å². The lowest BCUT2D eigenvalue weighted by Crippen LogP contribution is -2.60. The fourth-order valence-corrected chi connectivity index (χ4v) is 2.19. The molecule has 2 rings (SSSR count). The summed E-state index contributed by atoms with van der Waals surface area (Å²) in [5, 5.41) is 2.27. The molecule has 5 nitrogen and oxygen atoms in total. The van der Waals surface area contributed by atoms with E-state index in [9.17, 15) is 14.4 Å². The third-order valence-electron chi connectivity index (χ3n) is 3.38. The van der Waals surface area contributed by atoms with Crippen molar-refractivity contribution in [3.05, 3.63) is 0 Å². The summed E-state index contributed by atoms with van der Waals surface area (Å²) in [4.78, 5) is 36.3. The maximum Gasteiger partial charge on any atom is 0.249 e. The van der Waals surface area contributed by atoms with Crippen molar-refractivity contribution in [1.82, 2.24) is 10.2 Å².